The molecule has 0 spiro atoms. The standard InChI is InChI=1S/C22H18F2N6O/c1-29-11-13(8-27-29)16-6-18(24)19(7-17(16)23)28-22(31)26-10-21-15-5-3-2-4-14(15)20-9-25-12-30(20)21/h2-9,11-12,21H,10H2,1H3,(H2,26,28,31)/t21-/m1/s1. The van der Waals surface area contributed by atoms with Gasteiger partial charge in [0.15, 0.2) is 0 Å². The number of nitrogens with one attached hydrogen (secondary N) is 2. The second kappa shape index (κ2) is 7.35. The summed E-state index contributed by atoms with van der Waals surface area (Å²) in [5, 5.41) is 9.10. The van der Waals surface area contributed by atoms with Gasteiger partial charge in [0.1, 0.15) is 11.6 Å². The molecule has 0 unspecified atom stereocenters. The Balaban J connectivity index is 1.30. The van der Waals surface area contributed by atoms with E-state index in [1.165, 1.54) is 10.9 Å². The molecule has 2 aromatic carbocycles. The normalized spacial score (nSPS) is 14.2. The Kier molecular flexibility index (Phi) is 4.50. The van der Waals surface area contributed by atoms with Gasteiger partial charge in [-0.1, -0.05) is 24.3 Å². The van der Waals surface area contributed by atoms with E-state index in [1.807, 2.05) is 28.8 Å². The second-order valence-electron chi connectivity index (χ2n) is 7.34. The van der Waals surface area contributed by atoms with Gasteiger partial charge in [0.05, 0.1) is 36.1 Å². The number of imidazole rings is 1. The smallest absolute Gasteiger partial charge is 0.319 e. The summed E-state index contributed by atoms with van der Waals surface area (Å²) in [7, 11) is 1.69. The number of aryl methyl sites for hydroxylation is 1. The molecule has 0 bridgehead atoms. The second-order valence-corrected chi connectivity index (χ2v) is 7.34. The quantitative estimate of drug-likeness (QED) is 0.525. The van der Waals surface area contributed by atoms with Crippen LogP contribution in [0, 0.1) is 11.6 Å². The number of carbonyl (C=O) groups excluding carboxylic acids is 1. The first kappa shape index (κ1) is 19.0. The van der Waals surface area contributed by atoms with Gasteiger partial charge in [-0.25, -0.2) is 18.6 Å². The molecule has 0 saturated heterocycles. The number of aromatic nitrogens is 4. The van der Waals surface area contributed by atoms with Gasteiger partial charge >= 0.3 is 6.03 Å². The van der Waals surface area contributed by atoms with Crippen molar-refractivity contribution in [3.8, 4) is 22.4 Å². The number of rotatable bonds is 4. The molecule has 31 heavy (non-hydrogen) atoms. The fourth-order valence-electron chi connectivity index (χ4n) is 3.92. The van der Waals surface area contributed by atoms with Crippen LogP contribution >= 0.6 is 0 Å². The van der Waals surface area contributed by atoms with E-state index in [-0.39, 0.29) is 23.8 Å². The summed E-state index contributed by atoms with van der Waals surface area (Å²) < 4.78 is 32.5. The van der Waals surface area contributed by atoms with Gasteiger partial charge in [0, 0.05) is 42.5 Å². The first-order valence-electron chi connectivity index (χ1n) is 9.65. The van der Waals surface area contributed by atoms with Crippen LogP contribution in [0.2, 0.25) is 0 Å². The number of nitrogens with zero attached hydrogens (tertiary/aromatic N) is 4. The molecule has 1 atom stereocenters. The predicted molar refractivity (Wildman–Crippen MR) is 111 cm³/mol. The van der Waals surface area contributed by atoms with Gasteiger partial charge in [-0.2, -0.15) is 5.10 Å². The van der Waals surface area contributed by atoms with Crippen molar-refractivity contribution in [2.75, 3.05) is 11.9 Å². The van der Waals surface area contributed by atoms with Crippen molar-refractivity contribution in [3.63, 3.8) is 0 Å². The van der Waals surface area contributed by atoms with Crippen LogP contribution in [0.15, 0.2) is 61.3 Å². The highest BCUT2D eigenvalue weighted by Gasteiger charge is 2.28. The minimum Gasteiger partial charge on any atom is -0.335 e. The van der Waals surface area contributed by atoms with Crippen LogP contribution in [-0.4, -0.2) is 31.9 Å². The fourth-order valence-corrected chi connectivity index (χ4v) is 3.92. The maximum absolute atomic E-state index is 14.5. The van der Waals surface area contributed by atoms with E-state index >= 15 is 0 Å². The number of hydrogen-bond donors (Lipinski definition) is 2. The molecule has 156 valence electrons. The van der Waals surface area contributed by atoms with Gasteiger partial charge in [-0.05, 0) is 11.6 Å². The van der Waals surface area contributed by atoms with Crippen molar-refractivity contribution in [1.82, 2.24) is 24.6 Å². The molecule has 7 nitrogen and oxygen atoms in total. The lowest BCUT2D eigenvalue weighted by molar-refractivity contribution is 0.251. The van der Waals surface area contributed by atoms with Crippen molar-refractivity contribution < 1.29 is 13.6 Å². The Morgan fingerprint density at radius 1 is 1.13 bits per heavy atom. The van der Waals surface area contributed by atoms with Crippen LogP contribution < -0.4 is 10.6 Å². The number of fused-ring (bicyclic) bond motifs is 3. The summed E-state index contributed by atoms with van der Waals surface area (Å²) in [6.45, 7) is 0.268. The molecule has 2 N–H and O–H groups in total. The monoisotopic (exact) mass is 420 g/mol. The van der Waals surface area contributed by atoms with Gasteiger partial charge in [-0.3, -0.25) is 4.68 Å². The van der Waals surface area contributed by atoms with E-state index in [0.29, 0.717) is 5.56 Å². The number of halogens is 2. The third-order valence-electron chi connectivity index (χ3n) is 5.37. The number of hydrogen-bond acceptors (Lipinski definition) is 3. The number of benzene rings is 2. The first-order valence-corrected chi connectivity index (χ1v) is 9.65. The number of urea groups is 1. The van der Waals surface area contributed by atoms with Crippen LogP contribution in [0.3, 0.4) is 0 Å². The summed E-state index contributed by atoms with van der Waals surface area (Å²) in [6.07, 6.45) is 6.52. The predicted octanol–water partition coefficient (Wildman–Crippen LogP) is 3.95. The highest BCUT2D eigenvalue weighted by molar-refractivity contribution is 5.90. The van der Waals surface area contributed by atoms with E-state index < -0.39 is 17.7 Å². The van der Waals surface area contributed by atoms with Crippen LogP contribution in [0.5, 0.6) is 0 Å². The number of carbonyl (C=O) groups is 1. The molecule has 3 heterocycles. The molecule has 1 aliphatic rings. The minimum absolute atomic E-state index is 0.0757. The Morgan fingerprint density at radius 2 is 1.97 bits per heavy atom. The molecule has 0 aliphatic carbocycles. The molecular formula is C22H18F2N6O. The van der Waals surface area contributed by atoms with Crippen molar-refractivity contribution in [2.24, 2.45) is 7.05 Å². The van der Waals surface area contributed by atoms with Gasteiger partial charge in [0.2, 0.25) is 0 Å². The minimum atomic E-state index is -0.737. The SMILES string of the molecule is Cn1cc(-c2cc(F)c(NC(=O)NC[C@@H]3c4ccccc4-c4cncn43)cc2F)cn1. The van der Waals surface area contributed by atoms with E-state index in [1.54, 1.807) is 25.8 Å². The lowest BCUT2D eigenvalue weighted by atomic mass is 10.0. The van der Waals surface area contributed by atoms with Crippen LogP contribution in [0.1, 0.15) is 11.6 Å². The maximum atomic E-state index is 14.5. The van der Waals surface area contributed by atoms with Gasteiger partial charge in [-0.15, -0.1) is 0 Å². The molecule has 1 aliphatic heterocycles. The zero-order valence-electron chi connectivity index (χ0n) is 16.5. The zero-order valence-corrected chi connectivity index (χ0v) is 16.5. The van der Waals surface area contributed by atoms with Crippen molar-refractivity contribution in [2.45, 2.75) is 6.04 Å². The molecule has 0 saturated carbocycles. The summed E-state index contributed by atoms with van der Waals surface area (Å²) >= 11 is 0. The Hall–Kier alpha value is -4.01. The lowest BCUT2D eigenvalue weighted by Gasteiger charge is -2.16. The highest BCUT2D eigenvalue weighted by atomic mass is 19.1. The molecule has 0 fully saturated rings. The van der Waals surface area contributed by atoms with Crippen molar-refractivity contribution in [3.05, 3.63) is 78.5 Å². The third-order valence-corrected chi connectivity index (χ3v) is 5.37. The van der Waals surface area contributed by atoms with Crippen LogP contribution in [0.4, 0.5) is 19.3 Å². The first-order chi connectivity index (χ1) is 15.0. The fraction of sp³-hybridized carbons (Fsp3) is 0.136. The van der Waals surface area contributed by atoms with Crippen molar-refractivity contribution >= 4 is 11.7 Å². The van der Waals surface area contributed by atoms with E-state index in [2.05, 4.69) is 20.7 Å². The molecule has 9 heteroatoms. The number of anilines is 1. The zero-order chi connectivity index (χ0) is 21.5. The van der Waals surface area contributed by atoms with Crippen LogP contribution in [-0.2, 0) is 7.05 Å². The molecule has 4 aromatic rings. The van der Waals surface area contributed by atoms with E-state index in [9.17, 15) is 13.6 Å². The summed E-state index contributed by atoms with van der Waals surface area (Å²) in [5.74, 6) is -1.39. The lowest BCUT2D eigenvalue weighted by Crippen LogP contribution is -2.33. The Morgan fingerprint density at radius 3 is 2.77 bits per heavy atom. The summed E-state index contributed by atoms with van der Waals surface area (Å²) in [6, 6.07) is 9.15. The third kappa shape index (κ3) is 3.33. The van der Waals surface area contributed by atoms with Crippen molar-refractivity contribution in [1.29, 1.82) is 0 Å². The molecule has 5 rings (SSSR count). The average molecular weight is 420 g/mol. The summed E-state index contributed by atoms with van der Waals surface area (Å²) in [5.41, 5.74) is 3.39. The van der Waals surface area contributed by atoms with Crippen LogP contribution in [0.25, 0.3) is 22.4 Å². The maximum Gasteiger partial charge on any atom is 0.319 e. The Bertz CT molecular complexity index is 1290. The Labute approximate surface area is 176 Å². The largest absolute Gasteiger partial charge is 0.335 e. The summed E-state index contributed by atoms with van der Waals surface area (Å²) in [4.78, 5) is 16.6. The average Bonchev–Trinajstić information content (AvgIpc) is 3.45. The molecule has 2 aromatic heterocycles. The number of amides is 2. The molecule has 2 amide bonds. The van der Waals surface area contributed by atoms with E-state index in [0.717, 1.165) is 29.0 Å². The van der Waals surface area contributed by atoms with E-state index in [4.69, 9.17) is 0 Å². The van der Waals surface area contributed by atoms with Gasteiger partial charge in [0.25, 0.3) is 0 Å². The topological polar surface area (TPSA) is 76.8 Å². The molecule has 0 radical (unpaired) electrons. The van der Waals surface area contributed by atoms with Gasteiger partial charge < -0.3 is 15.2 Å². The molecular weight excluding hydrogens is 402 g/mol. The highest BCUT2D eigenvalue weighted by Crippen LogP contribution is 2.38.